The molecule has 9 heteroatoms. The second-order valence-corrected chi connectivity index (χ2v) is 10.1. The number of carbonyl (C=O) groups is 2. The van der Waals surface area contributed by atoms with Crippen molar-refractivity contribution >= 4 is 11.9 Å². The van der Waals surface area contributed by atoms with Crippen LogP contribution in [0.3, 0.4) is 0 Å². The Hall–Kier alpha value is -3.20. The summed E-state index contributed by atoms with van der Waals surface area (Å²) in [5.74, 6) is -1.60. The minimum atomic E-state index is -0.843. The molecule has 3 N–H and O–H groups in total. The Morgan fingerprint density at radius 1 is 1.14 bits per heavy atom. The average Bonchev–Trinajstić information content (AvgIpc) is 3.31. The van der Waals surface area contributed by atoms with Crippen molar-refractivity contribution in [3.05, 3.63) is 58.3 Å². The molecule has 3 aliphatic rings. The number of hydrogen-bond donors (Lipinski definition) is 3. The lowest BCUT2D eigenvalue weighted by molar-refractivity contribution is -0.128. The van der Waals surface area contributed by atoms with Crippen LogP contribution < -0.4 is 16.2 Å². The largest absolute Gasteiger partial charge is 0.396 e. The van der Waals surface area contributed by atoms with Gasteiger partial charge in [-0.15, -0.1) is 0 Å². The van der Waals surface area contributed by atoms with E-state index in [0.717, 1.165) is 19.3 Å². The highest BCUT2D eigenvalue weighted by atomic mass is 19.1. The number of urea groups is 1. The van der Waals surface area contributed by atoms with Crippen LogP contribution in [-0.4, -0.2) is 51.2 Å². The van der Waals surface area contributed by atoms with E-state index in [1.165, 1.54) is 11.0 Å². The first-order chi connectivity index (χ1) is 16.8. The Morgan fingerprint density at radius 3 is 2.51 bits per heavy atom. The molecule has 1 saturated heterocycles. The minimum absolute atomic E-state index is 0.0931. The SMILES string of the molecule is CC(C)NC(=O)N1[C@@H]2c3ccc(-c4ccccc4F)c(=O)n3C[C@@H]2[C@@H](CO)[C@@H]1C(=O)NC1CCC1. The number of aromatic nitrogens is 1. The summed E-state index contributed by atoms with van der Waals surface area (Å²) < 4.78 is 16.0. The molecule has 2 aliphatic heterocycles. The molecule has 0 bridgehead atoms. The Morgan fingerprint density at radius 2 is 1.89 bits per heavy atom. The number of aliphatic hydroxyl groups excluding tert-OH is 1. The summed E-state index contributed by atoms with van der Waals surface area (Å²) in [6.45, 7) is 3.63. The summed E-state index contributed by atoms with van der Waals surface area (Å²) in [6.07, 6.45) is 2.87. The predicted octanol–water partition coefficient (Wildman–Crippen LogP) is 2.40. The van der Waals surface area contributed by atoms with Crippen molar-refractivity contribution in [1.82, 2.24) is 20.1 Å². The summed E-state index contributed by atoms with van der Waals surface area (Å²) >= 11 is 0. The van der Waals surface area contributed by atoms with Crippen molar-refractivity contribution < 1.29 is 19.1 Å². The van der Waals surface area contributed by atoms with Gasteiger partial charge >= 0.3 is 6.03 Å². The van der Waals surface area contributed by atoms with Crippen molar-refractivity contribution in [1.29, 1.82) is 0 Å². The number of amides is 3. The molecular formula is C26H31FN4O4. The molecule has 1 aromatic heterocycles. The van der Waals surface area contributed by atoms with Gasteiger partial charge in [0.05, 0.1) is 11.6 Å². The first-order valence-corrected chi connectivity index (χ1v) is 12.3. The first kappa shape index (κ1) is 23.5. The van der Waals surface area contributed by atoms with E-state index >= 15 is 0 Å². The topological polar surface area (TPSA) is 104 Å². The number of halogens is 1. The van der Waals surface area contributed by atoms with E-state index in [-0.39, 0.29) is 53.7 Å². The van der Waals surface area contributed by atoms with Crippen molar-refractivity contribution in [2.24, 2.45) is 11.8 Å². The maximum absolute atomic E-state index is 14.4. The molecule has 5 rings (SSSR count). The molecule has 1 saturated carbocycles. The third-order valence-electron chi connectivity index (χ3n) is 7.61. The van der Waals surface area contributed by atoms with Crippen LogP contribution in [0.5, 0.6) is 0 Å². The predicted molar refractivity (Wildman–Crippen MR) is 128 cm³/mol. The van der Waals surface area contributed by atoms with Crippen LogP contribution in [0.1, 0.15) is 44.8 Å². The van der Waals surface area contributed by atoms with Crippen molar-refractivity contribution in [2.75, 3.05) is 6.61 Å². The van der Waals surface area contributed by atoms with Gasteiger partial charge in [0.15, 0.2) is 0 Å². The van der Waals surface area contributed by atoms with Gasteiger partial charge in [0.1, 0.15) is 11.9 Å². The van der Waals surface area contributed by atoms with Crippen molar-refractivity contribution in [2.45, 2.75) is 63.8 Å². The van der Waals surface area contributed by atoms with E-state index < -0.39 is 29.8 Å². The number of pyridine rings is 1. The van der Waals surface area contributed by atoms with Gasteiger partial charge in [0.2, 0.25) is 5.91 Å². The Labute approximate surface area is 203 Å². The molecule has 3 heterocycles. The summed E-state index contributed by atoms with van der Waals surface area (Å²) in [5.41, 5.74) is 0.704. The molecule has 4 atom stereocenters. The van der Waals surface area contributed by atoms with Gasteiger partial charge in [-0.2, -0.15) is 0 Å². The molecule has 3 amide bonds. The number of benzene rings is 1. The van der Waals surface area contributed by atoms with Crippen molar-refractivity contribution in [3.63, 3.8) is 0 Å². The monoisotopic (exact) mass is 482 g/mol. The van der Waals surface area contributed by atoms with Crippen LogP contribution >= 0.6 is 0 Å². The van der Waals surface area contributed by atoms with E-state index in [9.17, 15) is 23.9 Å². The molecule has 0 spiro atoms. The zero-order valence-corrected chi connectivity index (χ0v) is 19.9. The summed E-state index contributed by atoms with van der Waals surface area (Å²) in [6, 6.07) is 7.59. The fourth-order valence-corrected chi connectivity index (χ4v) is 5.75. The molecule has 2 fully saturated rings. The molecule has 35 heavy (non-hydrogen) atoms. The smallest absolute Gasteiger partial charge is 0.318 e. The van der Waals surface area contributed by atoms with E-state index in [2.05, 4.69) is 10.6 Å². The van der Waals surface area contributed by atoms with E-state index in [1.54, 1.807) is 34.9 Å². The lowest BCUT2D eigenvalue weighted by Gasteiger charge is -2.34. The fraction of sp³-hybridized carbons (Fsp3) is 0.500. The number of fused-ring (bicyclic) bond motifs is 3. The summed E-state index contributed by atoms with van der Waals surface area (Å²) in [7, 11) is 0. The first-order valence-electron chi connectivity index (χ1n) is 12.3. The van der Waals surface area contributed by atoms with Crippen LogP contribution in [0.25, 0.3) is 11.1 Å². The number of aliphatic hydroxyl groups is 1. The fourth-order valence-electron chi connectivity index (χ4n) is 5.75. The van der Waals surface area contributed by atoms with Crippen molar-refractivity contribution in [3.8, 4) is 11.1 Å². The second-order valence-electron chi connectivity index (χ2n) is 10.1. The standard InChI is InChI=1S/C26H31FN4O4/c1-14(2)28-26(35)31-22-18(19(13-32)23(31)24(33)29-15-6-5-7-15)12-30-21(22)11-10-17(25(30)34)16-8-3-4-9-20(16)27/h3-4,8-11,14-15,18-19,22-23,32H,5-7,12-13H2,1-2H3,(H,28,35)(H,29,33)/t18-,19-,22+,23-/m1/s1. The second kappa shape index (κ2) is 9.11. The number of nitrogens with one attached hydrogen (secondary N) is 2. The lowest BCUT2D eigenvalue weighted by atomic mass is 9.87. The highest BCUT2D eigenvalue weighted by Gasteiger charge is 2.57. The van der Waals surface area contributed by atoms with Gasteiger partial charge in [-0.1, -0.05) is 18.2 Å². The number of rotatable bonds is 5. The summed E-state index contributed by atoms with van der Waals surface area (Å²) in [4.78, 5) is 41.7. The maximum atomic E-state index is 14.4. The lowest BCUT2D eigenvalue weighted by Crippen LogP contribution is -2.56. The Kier molecular flexibility index (Phi) is 6.13. The van der Waals surface area contributed by atoms with Gasteiger partial charge in [0.25, 0.3) is 5.56 Å². The molecular weight excluding hydrogens is 451 g/mol. The van der Waals surface area contributed by atoms with Gasteiger partial charge in [0, 0.05) is 48.3 Å². The van der Waals surface area contributed by atoms with Gasteiger partial charge in [-0.05, 0) is 51.3 Å². The maximum Gasteiger partial charge on any atom is 0.318 e. The molecule has 1 aliphatic carbocycles. The van der Waals surface area contributed by atoms with Crippen LogP contribution in [0.2, 0.25) is 0 Å². The molecule has 186 valence electrons. The van der Waals surface area contributed by atoms with Gasteiger partial charge in [-0.3, -0.25) is 9.59 Å². The highest BCUT2D eigenvalue weighted by molar-refractivity contribution is 5.89. The minimum Gasteiger partial charge on any atom is -0.396 e. The molecule has 2 aromatic rings. The van der Waals surface area contributed by atoms with Crippen LogP contribution in [-0.2, 0) is 11.3 Å². The Bertz CT molecular complexity index is 1210. The Balaban J connectivity index is 1.56. The third kappa shape index (κ3) is 3.91. The van der Waals surface area contributed by atoms with E-state index in [4.69, 9.17) is 0 Å². The average molecular weight is 483 g/mol. The molecule has 8 nitrogen and oxygen atoms in total. The van der Waals surface area contributed by atoms with E-state index in [0.29, 0.717) is 5.69 Å². The normalized spacial score (nSPS) is 25.2. The number of nitrogens with zero attached hydrogens (tertiary/aromatic N) is 2. The third-order valence-corrected chi connectivity index (χ3v) is 7.61. The van der Waals surface area contributed by atoms with Crippen LogP contribution in [0.15, 0.2) is 41.2 Å². The van der Waals surface area contributed by atoms with Gasteiger partial charge in [-0.25, -0.2) is 9.18 Å². The number of hydrogen-bond acceptors (Lipinski definition) is 4. The van der Waals surface area contributed by atoms with Crippen LogP contribution in [0.4, 0.5) is 9.18 Å². The molecule has 1 aromatic carbocycles. The quantitative estimate of drug-likeness (QED) is 0.609. The van der Waals surface area contributed by atoms with E-state index in [1.807, 2.05) is 13.8 Å². The summed E-state index contributed by atoms with van der Waals surface area (Å²) in [5, 5.41) is 16.3. The van der Waals surface area contributed by atoms with Gasteiger partial charge < -0.3 is 25.2 Å². The number of carbonyl (C=O) groups excluding carboxylic acids is 2. The zero-order chi connectivity index (χ0) is 24.9. The molecule has 0 unspecified atom stereocenters. The zero-order valence-electron chi connectivity index (χ0n) is 19.9. The van der Waals surface area contributed by atoms with Crippen LogP contribution in [0, 0.1) is 17.7 Å². The molecule has 0 radical (unpaired) electrons. The highest BCUT2D eigenvalue weighted by Crippen LogP contribution is 2.49. The number of likely N-dealkylation sites (tertiary alicyclic amines) is 1.